The van der Waals surface area contributed by atoms with Crippen LogP contribution in [0.3, 0.4) is 0 Å². The van der Waals surface area contributed by atoms with Gasteiger partial charge in [0.15, 0.2) is 8.68 Å². The highest BCUT2D eigenvalue weighted by Gasteiger charge is 2.20. The van der Waals surface area contributed by atoms with Crippen LogP contribution >= 0.6 is 46.2 Å². The zero-order chi connectivity index (χ0) is 34.4. The normalized spacial score (nSPS) is 11.5. The van der Waals surface area contributed by atoms with Gasteiger partial charge in [0.2, 0.25) is 21.7 Å². The average Bonchev–Trinajstić information content (AvgIpc) is 3.70. The van der Waals surface area contributed by atoms with Crippen molar-refractivity contribution in [2.75, 3.05) is 35.4 Å². The number of ether oxygens (including phenoxy) is 2. The lowest BCUT2D eigenvalue weighted by atomic mass is 10.3. The van der Waals surface area contributed by atoms with Gasteiger partial charge in [-0.1, -0.05) is 35.7 Å². The van der Waals surface area contributed by atoms with Crippen LogP contribution in [0, 0.1) is 0 Å². The maximum atomic E-state index is 13.6. The Morgan fingerprint density at radius 3 is 1.55 bits per heavy atom. The zero-order valence-electron chi connectivity index (χ0n) is 26.3. The van der Waals surface area contributed by atoms with E-state index in [4.69, 9.17) is 9.47 Å². The minimum absolute atomic E-state index is 0.0107. The smallest absolute Gasteiger partial charge is 0.234 e. The van der Waals surface area contributed by atoms with Crippen LogP contribution in [0.4, 0.5) is 11.4 Å². The van der Waals surface area contributed by atoms with Gasteiger partial charge in [0, 0.05) is 11.4 Å². The van der Waals surface area contributed by atoms with Gasteiger partial charge in [-0.05, 0) is 86.6 Å². The highest BCUT2D eigenvalue weighted by Crippen LogP contribution is 2.34. The van der Waals surface area contributed by atoms with Gasteiger partial charge in [-0.15, -0.1) is 22.7 Å². The van der Waals surface area contributed by atoms with Gasteiger partial charge in [-0.2, -0.15) is 0 Å². The number of thiazole rings is 2. The molecule has 0 aliphatic rings. The molecule has 252 valence electrons. The molecule has 0 fully saturated rings. The molecule has 0 saturated heterocycles. The Hall–Kier alpha value is -4.15. The fourth-order valence-electron chi connectivity index (χ4n) is 4.67. The van der Waals surface area contributed by atoms with Crippen LogP contribution in [0.25, 0.3) is 20.4 Å². The number of nitrogens with zero attached hydrogens (tertiary/aromatic N) is 2. The van der Waals surface area contributed by atoms with Crippen molar-refractivity contribution < 1.29 is 27.5 Å². The first kappa shape index (κ1) is 34.7. The van der Waals surface area contributed by atoms with E-state index in [9.17, 15) is 18.0 Å². The van der Waals surface area contributed by atoms with Gasteiger partial charge < -0.3 is 20.1 Å². The number of fused-ring (bicyclic) bond motifs is 2. The maximum absolute atomic E-state index is 13.6. The fraction of sp³-hybridized carbons (Fsp3) is 0.176. The van der Waals surface area contributed by atoms with Gasteiger partial charge >= 0.3 is 0 Å². The van der Waals surface area contributed by atoms with E-state index in [-0.39, 0.29) is 33.1 Å². The standard InChI is InChI=1S/C34H30N4O6S5/c1-3-43-23-11-13-27-29(17-23)47-33(37-27)45-19-31(39)35-21-7-5-9-25(15-21)49(41,42)26-10-6-8-22(16-26)36-32(40)20-46-34-38-28-14-12-24(44-4-2)18-30(28)48-34/h5-18H,3-4,19-20H2,1-2H3,(H,35,39)(H,36,40). The number of amides is 2. The minimum atomic E-state index is -3.96. The van der Waals surface area contributed by atoms with E-state index >= 15 is 0 Å². The quantitative estimate of drug-likeness (QED) is 0.105. The molecule has 15 heteroatoms. The first-order valence-electron chi connectivity index (χ1n) is 15.1. The number of thioether (sulfide) groups is 2. The molecule has 0 saturated carbocycles. The molecular weight excluding hydrogens is 721 g/mol. The summed E-state index contributed by atoms with van der Waals surface area (Å²) in [5, 5.41) is 5.56. The van der Waals surface area contributed by atoms with Gasteiger partial charge in [0.05, 0.1) is 54.9 Å². The number of carbonyl (C=O) groups is 2. The third-order valence-corrected chi connectivity index (χ3v) is 12.9. The van der Waals surface area contributed by atoms with Crippen LogP contribution in [0.15, 0.2) is 103 Å². The molecule has 6 rings (SSSR count). The van der Waals surface area contributed by atoms with Gasteiger partial charge in [0.1, 0.15) is 11.5 Å². The van der Waals surface area contributed by atoms with Crippen LogP contribution in [-0.4, -0.2) is 54.9 Å². The maximum Gasteiger partial charge on any atom is 0.234 e. The Bertz CT molecular complexity index is 2100. The number of aromatic nitrogens is 2. The number of anilines is 2. The van der Waals surface area contributed by atoms with E-state index < -0.39 is 9.84 Å². The van der Waals surface area contributed by atoms with E-state index in [1.165, 1.54) is 70.5 Å². The average molecular weight is 751 g/mol. The number of sulfone groups is 1. The second-order valence-corrected chi connectivity index (χ2v) is 16.8. The summed E-state index contributed by atoms with van der Waals surface area (Å²) in [5.74, 6) is 1.15. The number of nitrogens with one attached hydrogen (secondary N) is 2. The lowest BCUT2D eigenvalue weighted by Crippen LogP contribution is -2.15. The predicted molar refractivity (Wildman–Crippen MR) is 199 cm³/mol. The second kappa shape index (κ2) is 15.6. The molecule has 0 bridgehead atoms. The Labute approximate surface area is 299 Å². The summed E-state index contributed by atoms with van der Waals surface area (Å²) in [5.41, 5.74) is 2.36. The van der Waals surface area contributed by atoms with Crippen molar-refractivity contribution in [3.63, 3.8) is 0 Å². The molecule has 0 spiro atoms. The van der Waals surface area contributed by atoms with Crippen LogP contribution in [0.2, 0.25) is 0 Å². The molecule has 0 unspecified atom stereocenters. The summed E-state index contributed by atoms with van der Waals surface area (Å²) in [4.78, 5) is 34.7. The number of hydrogen-bond acceptors (Lipinski definition) is 12. The molecule has 4 aromatic carbocycles. The van der Waals surface area contributed by atoms with Gasteiger partial charge in [-0.25, -0.2) is 18.4 Å². The molecule has 2 aromatic heterocycles. The highest BCUT2D eigenvalue weighted by atomic mass is 32.2. The van der Waals surface area contributed by atoms with Crippen molar-refractivity contribution in [1.29, 1.82) is 0 Å². The van der Waals surface area contributed by atoms with Crippen molar-refractivity contribution in [2.24, 2.45) is 0 Å². The number of benzene rings is 4. The predicted octanol–water partition coefficient (Wildman–Crippen LogP) is 8.00. The Balaban J connectivity index is 1.05. The first-order chi connectivity index (χ1) is 23.7. The number of rotatable bonds is 14. The SMILES string of the molecule is CCOc1ccc2nc(SCC(=O)Nc3cccc(S(=O)(=O)c4cccc(NC(=O)CSc5nc6ccc(OCC)cc6s5)c4)c3)sc2c1. The molecule has 49 heavy (non-hydrogen) atoms. The molecule has 0 aliphatic heterocycles. The van der Waals surface area contributed by atoms with Crippen molar-refractivity contribution in [1.82, 2.24) is 9.97 Å². The Kier molecular flexibility index (Phi) is 11.0. The van der Waals surface area contributed by atoms with Crippen molar-refractivity contribution in [2.45, 2.75) is 32.3 Å². The molecule has 2 N–H and O–H groups in total. The van der Waals surface area contributed by atoms with Crippen molar-refractivity contribution in [3.05, 3.63) is 84.9 Å². The van der Waals surface area contributed by atoms with Crippen LogP contribution < -0.4 is 20.1 Å². The largest absolute Gasteiger partial charge is 0.494 e. The molecule has 0 radical (unpaired) electrons. The second-order valence-electron chi connectivity index (χ2n) is 10.3. The summed E-state index contributed by atoms with van der Waals surface area (Å²) < 4.78 is 41.7. The highest BCUT2D eigenvalue weighted by molar-refractivity contribution is 8.02. The monoisotopic (exact) mass is 750 g/mol. The zero-order valence-corrected chi connectivity index (χ0v) is 30.4. The van der Waals surface area contributed by atoms with Crippen LogP contribution in [-0.2, 0) is 19.4 Å². The van der Waals surface area contributed by atoms with Gasteiger partial charge in [-0.3, -0.25) is 9.59 Å². The number of hydrogen-bond donors (Lipinski definition) is 2. The molecular formula is C34H30N4O6S5. The summed E-state index contributed by atoms with van der Waals surface area (Å²) in [7, 11) is -3.96. The van der Waals surface area contributed by atoms with Crippen LogP contribution in [0.1, 0.15) is 13.8 Å². The lowest BCUT2D eigenvalue weighted by Gasteiger charge is -2.10. The third kappa shape index (κ3) is 8.72. The molecule has 2 heterocycles. The molecule has 0 atom stereocenters. The summed E-state index contributed by atoms with van der Waals surface area (Å²) in [6, 6.07) is 23.5. The van der Waals surface area contributed by atoms with Crippen molar-refractivity contribution >= 4 is 99.7 Å². The van der Waals surface area contributed by atoms with E-state index in [1.807, 2.05) is 50.2 Å². The summed E-state index contributed by atoms with van der Waals surface area (Å²) in [6.07, 6.45) is 0. The van der Waals surface area contributed by atoms with E-state index in [1.54, 1.807) is 24.3 Å². The van der Waals surface area contributed by atoms with E-state index in [0.29, 0.717) is 24.6 Å². The Morgan fingerprint density at radius 2 is 1.12 bits per heavy atom. The molecule has 6 aromatic rings. The molecule has 10 nitrogen and oxygen atoms in total. The Morgan fingerprint density at radius 1 is 0.673 bits per heavy atom. The summed E-state index contributed by atoms with van der Waals surface area (Å²) >= 11 is 5.56. The lowest BCUT2D eigenvalue weighted by molar-refractivity contribution is -0.114. The molecule has 2 amide bonds. The molecule has 0 aliphatic carbocycles. The third-order valence-electron chi connectivity index (χ3n) is 6.81. The minimum Gasteiger partial charge on any atom is -0.494 e. The van der Waals surface area contributed by atoms with Crippen molar-refractivity contribution in [3.8, 4) is 11.5 Å². The van der Waals surface area contributed by atoms with E-state index in [0.717, 1.165) is 40.6 Å². The summed E-state index contributed by atoms with van der Waals surface area (Å²) in [6.45, 7) is 4.99. The fourth-order valence-corrected chi connectivity index (χ4v) is 9.82. The number of carbonyl (C=O) groups excluding carboxylic acids is 2. The van der Waals surface area contributed by atoms with Gasteiger partial charge in [0.25, 0.3) is 0 Å². The first-order valence-corrected chi connectivity index (χ1v) is 20.2. The van der Waals surface area contributed by atoms with Crippen LogP contribution in [0.5, 0.6) is 11.5 Å². The topological polar surface area (TPSA) is 137 Å². The van der Waals surface area contributed by atoms with E-state index in [2.05, 4.69) is 20.6 Å².